The number of halogens is 1. The van der Waals surface area contributed by atoms with Crippen molar-refractivity contribution in [2.75, 3.05) is 20.8 Å². The number of urea groups is 1. The summed E-state index contributed by atoms with van der Waals surface area (Å²) in [6, 6.07) is 9.34. The molecule has 152 valence electrons. The summed E-state index contributed by atoms with van der Waals surface area (Å²) in [4.78, 5) is 39.3. The first-order valence-electron chi connectivity index (χ1n) is 9.01. The van der Waals surface area contributed by atoms with Crippen LogP contribution in [0.5, 0.6) is 11.5 Å². The molecule has 0 unspecified atom stereocenters. The Balaban J connectivity index is 1.88. The molecule has 0 spiro atoms. The highest BCUT2D eigenvalue weighted by Gasteiger charge is 2.51. The minimum Gasteiger partial charge on any atom is -0.497 e. The van der Waals surface area contributed by atoms with Gasteiger partial charge in [0.1, 0.15) is 22.9 Å². The number of benzene rings is 2. The summed E-state index contributed by atoms with van der Waals surface area (Å²) in [5.41, 5.74) is -0.656. The molecule has 0 aromatic heterocycles. The minimum atomic E-state index is -1.34. The van der Waals surface area contributed by atoms with Crippen molar-refractivity contribution in [2.24, 2.45) is 0 Å². The molecular weight excluding hydrogens is 379 g/mol. The number of hydrogen-bond donors (Lipinski definition) is 1. The van der Waals surface area contributed by atoms with E-state index < -0.39 is 35.6 Å². The van der Waals surface area contributed by atoms with Gasteiger partial charge in [0.25, 0.3) is 5.91 Å². The molecule has 29 heavy (non-hydrogen) atoms. The SMILES string of the molecule is CC[C@@]1(c2ccc(F)cc2)NC(=O)N(CC(=O)c2ccc(OC)cc2OC)C1=O. The van der Waals surface area contributed by atoms with Crippen molar-refractivity contribution in [1.82, 2.24) is 10.2 Å². The Labute approximate surface area is 167 Å². The maximum Gasteiger partial charge on any atom is 0.325 e. The predicted octanol–water partition coefficient (Wildman–Crippen LogP) is 2.88. The minimum absolute atomic E-state index is 0.227. The van der Waals surface area contributed by atoms with Crippen LogP contribution in [0.3, 0.4) is 0 Å². The van der Waals surface area contributed by atoms with E-state index in [9.17, 15) is 18.8 Å². The molecule has 2 aromatic rings. The van der Waals surface area contributed by atoms with Gasteiger partial charge in [0, 0.05) is 6.07 Å². The van der Waals surface area contributed by atoms with Crippen LogP contribution in [0.1, 0.15) is 29.3 Å². The molecule has 7 nitrogen and oxygen atoms in total. The number of imide groups is 1. The Kier molecular flexibility index (Phi) is 5.54. The van der Waals surface area contributed by atoms with Gasteiger partial charge in [-0.1, -0.05) is 19.1 Å². The first-order chi connectivity index (χ1) is 13.9. The summed E-state index contributed by atoms with van der Waals surface area (Å²) < 4.78 is 23.6. The fourth-order valence-corrected chi connectivity index (χ4v) is 3.40. The number of carbonyl (C=O) groups is 3. The predicted molar refractivity (Wildman–Crippen MR) is 102 cm³/mol. The molecule has 0 bridgehead atoms. The molecule has 0 saturated carbocycles. The van der Waals surface area contributed by atoms with Crippen molar-refractivity contribution in [3.05, 3.63) is 59.4 Å². The van der Waals surface area contributed by atoms with Gasteiger partial charge in [0.05, 0.1) is 26.3 Å². The molecule has 3 rings (SSSR count). The Morgan fingerprint density at radius 3 is 2.38 bits per heavy atom. The molecule has 1 atom stereocenters. The molecule has 8 heteroatoms. The van der Waals surface area contributed by atoms with Gasteiger partial charge in [-0.25, -0.2) is 9.18 Å². The second-order valence-corrected chi connectivity index (χ2v) is 6.58. The maximum absolute atomic E-state index is 13.3. The van der Waals surface area contributed by atoms with E-state index in [-0.39, 0.29) is 17.7 Å². The Morgan fingerprint density at radius 1 is 1.10 bits per heavy atom. The van der Waals surface area contributed by atoms with Gasteiger partial charge in [-0.3, -0.25) is 14.5 Å². The van der Waals surface area contributed by atoms with Gasteiger partial charge < -0.3 is 14.8 Å². The van der Waals surface area contributed by atoms with Crippen LogP contribution in [0, 0.1) is 5.82 Å². The van der Waals surface area contributed by atoms with Gasteiger partial charge >= 0.3 is 6.03 Å². The van der Waals surface area contributed by atoms with Crippen LogP contribution in [-0.4, -0.2) is 43.4 Å². The topological polar surface area (TPSA) is 84.9 Å². The summed E-state index contributed by atoms with van der Waals surface area (Å²) >= 11 is 0. The average Bonchev–Trinajstić information content (AvgIpc) is 2.98. The number of methoxy groups -OCH3 is 2. The van der Waals surface area contributed by atoms with Gasteiger partial charge in [0.2, 0.25) is 0 Å². The number of ether oxygens (including phenoxy) is 2. The van der Waals surface area contributed by atoms with Crippen molar-refractivity contribution < 1.29 is 28.2 Å². The number of rotatable bonds is 7. The van der Waals surface area contributed by atoms with Crippen LogP contribution >= 0.6 is 0 Å². The summed E-state index contributed by atoms with van der Waals surface area (Å²) in [6.45, 7) is 1.29. The largest absolute Gasteiger partial charge is 0.497 e. The number of nitrogens with one attached hydrogen (secondary N) is 1. The zero-order valence-electron chi connectivity index (χ0n) is 16.3. The van der Waals surface area contributed by atoms with Crippen LogP contribution in [-0.2, 0) is 10.3 Å². The van der Waals surface area contributed by atoms with Crippen molar-refractivity contribution in [3.63, 3.8) is 0 Å². The number of carbonyl (C=O) groups excluding carboxylic acids is 3. The highest BCUT2D eigenvalue weighted by molar-refractivity contribution is 6.12. The molecule has 1 fully saturated rings. The van der Waals surface area contributed by atoms with Crippen molar-refractivity contribution in [3.8, 4) is 11.5 Å². The molecule has 1 N–H and O–H groups in total. The van der Waals surface area contributed by atoms with Gasteiger partial charge in [-0.15, -0.1) is 0 Å². The third-order valence-corrected chi connectivity index (χ3v) is 5.05. The molecule has 1 aliphatic rings. The Hall–Kier alpha value is -3.42. The lowest BCUT2D eigenvalue weighted by atomic mass is 9.87. The quantitative estimate of drug-likeness (QED) is 0.571. The third kappa shape index (κ3) is 3.53. The number of Topliss-reactive ketones (excluding diaryl/α,β-unsaturated/α-hetero) is 1. The number of ketones is 1. The zero-order chi connectivity index (χ0) is 21.2. The average molecular weight is 400 g/mol. The summed E-state index contributed by atoms with van der Waals surface area (Å²) in [6.07, 6.45) is 0.250. The van der Waals surface area contributed by atoms with Crippen LogP contribution in [0.15, 0.2) is 42.5 Å². The van der Waals surface area contributed by atoms with Crippen molar-refractivity contribution >= 4 is 17.7 Å². The first-order valence-corrected chi connectivity index (χ1v) is 9.01. The van der Waals surface area contributed by atoms with Gasteiger partial charge in [0.15, 0.2) is 5.78 Å². The molecule has 1 heterocycles. The van der Waals surface area contributed by atoms with E-state index in [0.29, 0.717) is 11.3 Å². The van der Waals surface area contributed by atoms with Crippen LogP contribution in [0.25, 0.3) is 0 Å². The molecule has 1 saturated heterocycles. The monoisotopic (exact) mass is 400 g/mol. The lowest BCUT2D eigenvalue weighted by Gasteiger charge is -2.25. The summed E-state index contributed by atoms with van der Waals surface area (Å²) in [5.74, 6) is -0.678. The normalized spacial score (nSPS) is 18.6. The smallest absolute Gasteiger partial charge is 0.325 e. The lowest BCUT2D eigenvalue weighted by Crippen LogP contribution is -2.43. The molecule has 3 amide bonds. The first kappa shape index (κ1) is 20.3. The second-order valence-electron chi connectivity index (χ2n) is 6.58. The van der Waals surface area contributed by atoms with E-state index in [1.165, 1.54) is 44.6 Å². The highest BCUT2D eigenvalue weighted by Crippen LogP contribution is 2.33. The number of amides is 3. The highest BCUT2D eigenvalue weighted by atomic mass is 19.1. The molecule has 2 aromatic carbocycles. The van der Waals surface area contributed by atoms with Crippen molar-refractivity contribution in [1.29, 1.82) is 0 Å². The lowest BCUT2D eigenvalue weighted by molar-refractivity contribution is -0.131. The van der Waals surface area contributed by atoms with Crippen molar-refractivity contribution in [2.45, 2.75) is 18.9 Å². The van der Waals surface area contributed by atoms with E-state index in [4.69, 9.17) is 9.47 Å². The summed E-state index contributed by atoms with van der Waals surface area (Å²) in [5, 5.41) is 2.67. The van der Waals surface area contributed by atoms with Gasteiger partial charge in [-0.05, 0) is 36.2 Å². The Morgan fingerprint density at radius 2 is 1.79 bits per heavy atom. The molecular formula is C21H21FN2O5. The number of nitrogens with zero attached hydrogens (tertiary/aromatic N) is 1. The third-order valence-electron chi connectivity index (χ3n) is 5.05. The molecule has 1 aliphatic heterocycles. The Bertz CT molecular complexity index is 960. The number of hydrogen-bond acceptors (Lipinski definition) is 5. The van der Waals surface area contributed by atoms with Gasteiger partial charge in [-0.2, -0.15) is 0 Å². The van der Waals surface area contributed by atoms with E-state index in [2.05, 4.69) is 5.32 Å². The summed E-state index contributed by atoms with van der Waals surface area (Å²) in [7, 11) is 2.90. The maximum atomic E-state index is 13.3. The van der Waals surface area contributed by atoms with Crippen LogP contribution < -0.4 is 14.8 Å². The zero-order valence-corrected chi connectivity index (χ0v) is 16.3. The van der Waals surface area contributed by atoms with Crippen LogP contribution in [0.2, 0.25) is 0 Å². The van der Waals surface area contributed by atoms with E-state index in [1.54, 1.807) is 19.1 Å². The van der Waals surface area contributed by atoms with E-state index in [1.807, 2.05) is 0 Å². The van der Waals surface area contributed by atoms with Crippen LogP contribution in [0.4, 0.5) is 9.18 Å². The standard InChI is InChI=1S/C21H21FN2O5/c1-4-21(13-5-7-14(22)8-6-13)19(26)24(20(27)23-21)12-17(25)16-10-9-15(28-2)11-18(16)29-3/h5-11H,4,12H2,1-3H3,(H,23,27)/t21-/m0/s1. The fourth-order valence-electron chi connectivity index (χ4n) is 3.40. The second kappa shape index (κ2) is 7.90. The molecule has 0 radical (unpaired) electrons. The fraction of sp³-hybridized carbons (Fsp3) is 0.286. The molecule has 0 aliphatic carbocycles. The van der Waals surface area contributed by atoms with E-state index >= 15 is 0 Å². The van der Waals surface area contributed by atoms with E-state index in [0.717, 1.165) is 4.90 Å².